The zero-order chi connectivity index (χ0) is 10.0. The first-order valence-corrected chi connectivity index (χ1v) is 3.33. The van der Waals surface area contributed by atoms with Gasteiger partial charge in [0.15, 0.2) is 5.75 Å². The van der Waals surface area contributed by atoms with Crippen molar-refractivity contribution in [1.29, 1.82) is 0 Å². The summed E-state index contributed by atoms with van der Waals surface area (Å²) in [5.74, 6) is -1.62. The summed E-state index contributed by atoms with van der Waals surface area (Å²) in [6, 6.07) is 1.40. The number of rotatable bonds is 2. The third kappa shape index (κ3) is 1.73. The number of benzene rings is 1. The van der Waals surface area contributed by atoms with Crippen LogP contribution in [0.4, 0.5) is 10.1 Å². The number of aromatic hydroxyl groups is 1. The fraction of sp³-hybridized carbons (Fsp3) is 0.143. The molecule has 0 heterocycles. The summed E-state index contributed by atoms with van der Waals surface area (Å²) in [7, 11) is 0. The summed E-state index contributed by atoms with van der Waals surface area (Å²) in [5, 5.41) is 27.7. The van der Waals surface area contributed by atoms with E-state index in [-0.39, 0.29) is 5.56 Å². The van der Waals surface area contributed by atoms with Gasteiger partial charge in [0.25, 0.3) is 0 Å². The van der Waals surface area contributed by atoms with Gasteiger partial charge in [0.05, 0.1) is 11.5 Å². The van der Waals surface area contributed by atoms with Crippen LogP contribution in [0.2, 0.25) is 0 Å². The van der Waals surface area contributed by atoms with Gasteiger partial charge in [-0.05, 0) is 0 Å². The Morgan fingerprint density at radius 1 is 1.54 bits per heavy atom. The zero-order valence-corrected chi connectivity index (χ0v) is 6.40. The second-order valence-electron chi connectivity index (χ2n) is 2.35. The average molecular weight is 187 g/mol. The maximum absolute atomic E-state index is 12.8. The van der Waals surface area contributed by atoms with Crippen LogP contribution in [-0.2, 0) is 6.61 Å². The van der Waals surface area contributed by atoms with E-state index in [1.165, 1.54) is 0 Å². The van der Waals surface area contributed by atoms with Crippen LogP contribution in [0, 0.1) is 15.9 Å². The number of aliphatic hydroxyl groups is 1. The molecule has 6 heteroatoms. The Kier molecular flexibility index (Phi) is 2.43. The van der Waals surface area contributed by atoms with Crippen molar-refractivity contribution in [2.75, 3.05) is 0 Å². The lowest BCUT2D eigenvalue weighted by atomic mass is 10.2. The number of hydrogen-bond donors (Lipinski definition) is 2. The molecule has 0 bridgehead atoms. The molecule has 0 amide bonds. The first-order valence-electron chi connectivity index (χ1n) is 3.33. The Hall–Kier alpha value is -1.69. The molecule has 0 aliphatic heterocycles. The molecule has 0 saturated carbocycles. The molecule has 0 saturated heterocycles. The van der Waals surface area contributed by atoms with Gasteiger partial charge >= 0.3 is 5.69 Å². The van der Waals surface area contributed by atoms with Crippen molar-refractivity contribution in [2.24, 2.45) is 0 Å². The molecule has 0 atom stereocenters. The first-order chi connectivity index (χ1) is 6.06. The van der Waals surface area contributed by atoms with E-state index >= 15 is 0 Å². The van der Waals surface area contributed by atoms with Crippen LogP contribution in [0.1, 0.15) is 5.56 Å². The molecule has 2 N–H and O–H groups in total. The molecule has 1 aromatic carbocycles. The van der Waals surface area contributed by atoms with E-state index in [0.717, 1.165) is 6.07 Å². The van der Waals surface area contributed by atoms with E-state index in [2.05, 4.69) is 0 Å². The third-order valence-electron chi connectivity index (χ3n) is 1.51. The van der Waals surface area contributed by atoms with Crippen molar-refractivity contribution >= 4 is 5.69 Å². The Morgan fingerprint density at radius 2 is 2.15 bits per heavy atom. The summed E-state index contributed by atoms with van der Waals surface area (Å²) < 4.78 is 12.8. The molecule has 5 nitrogen and oxygen atoms in total. The van der Waals surface area contributed by atoms with Crippen LogP contribution < -0.4 is 0 Å². The van der Waals surface area contributed by atoms with Crippen LogP contribution in [0.25, 0.3) is 0 Å². The van der Waals surface area contributed by atoms with Crippen molar-refractivity contribution < 1.29 is 19.5 Å². The zero-order valence-electron chi connectivity index (χ0n) is 6.40. The molecule has 70 valence electrons. The van der Waals surface area contributed by atoms with Crippen LogP contribution in [0.5, 0.6) is 5.75 Å². The minimum absolute atomic E-state index is 0.218. The van der Waals surface area contributed by atoms with E-state index in [0.29, 0.717) is 6.07 Å². The Morgan fingerprint density at radius 3 is 2.62 bits per heavy atom. The van der Waals surface area contributed by atoms with Gasteiger partial charge in [-0.3, -0.25) is 10.1 Å². The molecule has 0 aliphatic rings. The maximum Gasteiger partial charge on any atom is 0.311 e. The number of nitrogens with zero attached hydrogens (tertiary/aromatic N) is 1. The number of halogens is 1. The van der Waals surface area contributed by atoms with E-state index in [1.807, 2.05) is 0 Å². The summed E-state index contributed by atoms with van der Waals surface area (Å²) in [5.41, 5.74) is -0.838. The Balaban J connectivity index is 3.30. The lowest BCUT2D eigenvalue weighted by molar-refractivity contribution is -0.386. The topological polar surface area (TPSA) is 83.6 Å². The quantitative estimate of drug-likeness (QED) is 0.532. The van der Waals surface area contributed by atoms with Gasteiger partial charge in [0.1, 0.15) is 5.82 Å². The Bertz CT molecular complexity index is 353. The van der Waals surface area contributed by atoms with Gasteiger partial charge in [-0.2, -0.15) is 0 Å². The monoisotopic (exact) mass is 187 g/mol. The molecule has 0 aromatic heterocycles. The van der Waals surface area contributed by atoms with Crippen LogP contribution in [0.3, 0.4) is 0 Å². The summed E-state index contributed by atoms with van der Waals surface area (Å²) in [6.07, 6.45) is 0. The molecular weight excluding hydrogens is 181 g/mol. The van der Waals surface area contributed by atoms with E-state index in [4.69, 9.17) is 10.2 Å². The molecule has 1 rings (SSSR count). The fourth-order valence-electron chi connectivity index (χ4n) is 0.862. The van der Waals surface area contributed by atoms with Crippen LogP contribution in [-0.4, -0.2) is 15.1 Å². The lowest BCUT2D eigenvalue weighted by Crippen LogP contribution is -1.94. The maximum atomic E-state index is 12.8. The molecule has 13 heavy (non-hydrogen) atoms. The number of hydrogen-bond acceptors (Lipinski definition) is 4. The summed E-state index contributed by atoms with van der Waals surface area (Å²) in [6.45, 7) is -0.646. The van der Waals surface area contributed by atoms with Crippen LogP contribution >= 0.6 is 0 Å². The average Bonchev–Trinajstić information content (AvgIpc) is 2.03. The normalized spacial score (nSPS) is 10.0. The summed E-state index contributed by atoms with van der Waals surface area (Å²) in [4.78, 5) is 9.39. The first kappa shape index (κ1) is 9.40. The van der Waals surface area contributed by atoms with E-state index < -0.39 is 28.8 Å². The van der Waals surface area contributed by atoms with Crippen molar-refractivity contribution in [2.45, 2.75) is 6.61 Å². The van der Waals surface area contributed by atoms with Crippen LogP contribution in [0.15, 0.2) is 12.1 Å². The van der Waals surface area contributed by atoms with Crippen molar-refractivity contribution in [3.05, 3.63) is 33.6 Å². The van der Waals surface area contributed by atoms with Crippen molar-refractivity contribution in [3.8, 4) is 5.75 Å². The number of nitro groups is 1. The predicted molar refractivity (Wildman–Crippen MR) is 40.6 cm³/mol. The van der Waals surface area contributed by atoms with Gasteiger partial charge in [-0.25, -0.2) is 4.39 Å². The van der Waals surface area contributed by atoms with E-state index in [9.17, 15) is 14.5 Å². The minimum atomic E-state index is -0.870. The second-order valence-corrected chi connectivity index (χ2v) is 2.35. The number of aliphatic hydroxyl groups excluding tert-OH is 1. The molecule has 0 spiro atoms. The van der Waals surface area contributed by atoms with Gasteiger partial charge in [0, 0.05) is 17.7 Å². The molecule has 0 radical (unpaired) electrons. The van der Waals surface area contributed by atoms with Crippen molar-refractivity contribution in [3.63, 3.8) is 0 Å². The SMILES string of the molecule is O=[N+]([O-])c1cc(CO)c(F)cc1O. The molecule has 0 fully saturated rings. The molecule has 0 aliphatic carbocycles. The highest BCUT2D eigenvalue weighted by atomic mass is 19.1. The highest BCUT2D eigenvalue weighted by molar-refractivity contribution is 5.48. The number of nitro benzene ring substituents is 1. The summed E-state index contributed by atoms with van der Waals surface area (Å²) >= 11 is 0. The minimum Gasteiger partial charge on any atom is -0.502 e. The highest BCUT2D eigenvalue weighted by Gasteiger charge is 2.16. The standard InChI is InChI=1S/C7H6FNO4/c8-5-2-7(11)6(9(12)13)1-4(5)3-10/h1-2,10-11H,3H2. The second kappa shape index (κ2) is 3.36. The van der Waals surface area contributed by atoms with E-state index in [1.54, 1.807) is 0 Å². The van der Waals surface area contributed by atoms with Gasteiger partial charge in [0.2, 0.25) is 0 Å². The van der Waals surface area contributed by atoms with Gasteiger partial charge in [-0.15, -0.1) is 0 Å². The Labute approximate surface area is 72.2 Å². The molecular formula is C7H6FNO4. The highest BCUT2D eigenvalue weighted by Crippen LogP contribution is 2.28. The molecule has 1 aromatic rings. The van der Waals surface area contributed by atoms with Gasteiger partial charge < -0.3 is 10.2 Å². The smallest absolute Gasteiger partial charge is 0.311 e. The third-order valence-corrected chi connectivity index (χ3v) is 1.51. The van der Waals surface area contributed by atoms with Crippen molar-refractivity contribution in [1.82, 2.24) is 0 Å². The van der Waals surface area contributed by atoms with Gasteiger partial charge in [-0.1, -0.05) is 0 Å². The molecule has 0 unspecified atom stereocenters. The lowest BCUT2D eigenvalue weighted by Gasteiger charge is -2.00. The predicted octanol–water partition coefficient (Wildman–Crippen LogP) is 0.932. The largest absolute Gasteiger partial charge is 0.502 e. The fourth-order valence-corrected chi connectivity index (χ4v) is 0.862. The number of phenolic OH excluding ortho intramolecular Hbond substituents is 1. The number of phenols is 1.